The van der Waals surface area contributed by atoms with Gasteiger partial charge in [-0.3, -0.25) is 4.98 Å². The van der Waals surface area contributed by atoms with Crippen LogP contribution in [0.4, 0.5) is 0 Å². The molecule has 12 heteroatoms. The minimum Gasteiger partial charge on any atom is -0.438 e. The van der Waals surface area contributed by atoms with Gasteiger partial charge >= 0.3 is 0 Å². The Hall–Kier alpha value is -14.6. The van der Waals surface area contributed by atoms with Crippen molar-refractivity contribution in [2.24, 2.45) is 0 Å². The molecule has 7 heterocycles. The maximum atomic E-state index is 6.20. The number of para-hydroxylation sites is 3. The third-order valence-corrected chi connectivity index (χ3v) is 19.2. The standard InChI is InChI=1S/2C47H29N5O/c1-3-10-30(11-4-1)31-19-25-36(26-20-31)45-50-44(35-12-5-2-6-13-35)51-46(52-45)37-27-21-33(22-28-37)32-17-23-34(24-18-32)41-42-38-14-7-8-16-40(38)53-47(42)49-39-15-9-29-48-43(39)41;1-3-9-30(10-4-1)31-19-23-36(24-20-31)45-50-44(35-11-5-2-6-12-35)51-46(52-45)37-25-21-33(22-26-37)32-15-17-34(18-16-32)38-27-28-42-39(29-38)43-47(53-42)49-41-14-8-7-13-40(41)48-43/h2*1-29H. The first-order valence-corrected chi connectivity index (χ1v) is 35.0. The first-order valence-electron chi connectivity index (χ1n) is 35.0. The fourth-order valence-corrected chi connectivity index (χ4v) is 13.8. The van der Waals surface area contributed by atoms with Crippen molar-refractivity contribution in [1.82, 2.24) is 49.8 Å². The molecule has 106 heavy (non-hydrogen) atoms. The Morgan fingerprint density at radius 2 is 0.491 bits per heavy atom. The zero-order valence-electron chi connectivity index (χ0n) is 56.8. The zero-order chi connectivity index (χ0) is 70.3. The van der Waals surface area contributed by atoms with Crippen molar-refractivity contribution in [3.8, 4) is 135 Å². The quantitative estimate of drug-likeness (QED) is 0.114. The van der Waals surface area contributed by atoms with Gasteiger partial charge in [0.25, 0.3) is 0 Å². The first-order chi connectivity index (χ1) is 52.5. The van der Waals surface area contributed by atoms with E-state index in [-0.39, 0.29) is 0 Å². The second kappa shape index (κ2) is 27.0. The molecular formula is C94H58N10O2. The first kappa shape index (κ1) is 62.4. The average Bonchev–Trinajstić information content (AvgIpc) is 1.57. The number of hydrogen-bond donors (Lipinski definition) is 0. The van der Waals surface area contributed by atoms with Gasteiger partial charge in [0.15, 0.2) is 34.9 Å². The van der Waals surface area contributed by atoms with Gasteiger partial charge in [-0.2, -0.15) is 0 Å². The number of nitrogens with zero attached hydrogens (tertiary/aromatic N) is 10. The number of fused-ring (bicyclic) bond motifs is 8. The minimum absolute atomic E-state index is 0.553. The van der Waals surface area contributed by atoms with Gasteiger partial charge in [-0.15, -0.1) is 0 Å². The van der Waals surface area contributed by atoms with Crippen LogP contribution in [0.25, 0.3) is 201 Å². The van der Waals surface area contributed by atoms with E-state index in [1.165, 1.54) is 11.1 Å². The van der Waals surface area contributed by atoms with Gasteiger partial charge < -0.3 is 8.83 Å². The summed E-state index contributed by atoms with van der Waals surface area (Å²) >= 11 is 0. The van der Waals surface area contributed by atoms with Gasteiger partial charge in [0, 0.05) is 55.9 Å². The summed E-state index contributed by atoms with van der Waals surface area (Å²) in [7, 11) is 0. The number of furan rings is 2. The lowest BCUT2D eigenvalue weighted by Crippen LogP contribution is -2.00. The molecule has 0 amide bonds. The van der Waals surface area contributed by atoms with Gasteiger partial charge in [-0.1, -0.05) is 303 Å². The zero-order valence-corrected chi connectivity index (χ0v) is 56.8. The molecule has 0 spiro atoms. The van der Waals surface area contributed by atoms with E-state index in [0.29, 0.717) is 46.4 Å². The van der Waals surface area contributed by atoms with Crippen LogP contribution in [-0.2, 0) is 0 Å². The Labute approximate surface area is 608 Å². The summed E-state index contributed by atoms with van der Waals surface area (Å²) < 4.78 is 12.3. The molecule has 20 rings (SSSR count). The highest BCUT2D eigenvalue weighted by Crippen LogP contribution is 2.41. The van der Waals surface area contributed by atoms with E-state index >= 15 is 0 Å². The minimum atomic E-state index is 0.553. The van der Waals surface area contributed by atoms with Crippen molar-refractivity contribution >= 4 is 66.3 Å². The summed E-state index contributed by atoms with van der Waals surface area (Å²) in [5.41, 5.74) is 25.7. The molecule has 0 bridgehead atoms. The highest BCUT2D eigenvalue weighted by atomic mass is 16.3. The van der Waals surface area contributed by atoms with Gasteiger partial charge in [0.2, 0.25) is 11.4 Å². The van der Waals surface area contributed by atoms with Gasteiger partial charge in [0.1, 0.15) is 16.7 Å². The second-order valence-corrected chi connectivity index (χ2v) is 25.9. The maximum absolute atomic E-state index is 6.20. The highest BCUT2D eigenvalue weighted by Gasteiger charge is 2.21. The summed E-state index contributed by atoms with van der Waals surface area (Å²) in [5.74, 6) is 3.79. The molecule has 0 fully saturated rings. The highest BCUT2D eigenvalue weighted by molar-refractivity contribution is 6.17. The SMILES string of the molecule is c1ccc(-c2ccc(-c3nc(-c4ccccc4)nc(-c4ccc(-c5ccc(-c6c7ncccc7nc7oc8ccccc8c67)cc5)cc4)n3)cc2)cc1.c1ccc(-c2ccc(-c3nc(-c4ccccc4)nc(-c4ccc(-c5ccc(-c6ccc7oc8nc9ccccc9nc8c7c6)cc5)cc4)n3)cc2)cc1. The van der Waals surface area contributed by atoms with E-state index in [9.17, 15) is 0 Å². The summed E-state index contributed by atoms with van der Waals surface area (Å²) in [5, 5.41) is 2.96. The molecule has 0 unspecified atom stereocenters. The summed E-state index contributed by atoms with van der Waals surface area (Å²) in [4.78, 5) is 48.8. The second-order valence-electron chi connectivity index (χ2n) is 25.9. The number of aromatic nitrogens is 10. The molecule has 0 aliphatic heterocycles. The fraction of sp³-hybridized carbons (Fsp3) is 0. The molecule has 0 radical (unpaired) electrons. The summed E-state index contributed by atoms with van der Waals surface area (Å²) in [6.45, 7) is 0. The van der Waals surface area contributed by atoms with E-state index in [0.717, 1.165) is 144 Å². The Kier molecular flexibility index (Phi) is 15.9. The van der Waals surface area contributed by atoms with Crippen molar-refractivity contribution < 1.29 is 8.83 Å². The van der Waals surface area contributed by atoms with Crippen LogP contribution >= 0.6 is 0 Å². The largest absolute Gasteiger partial charge is 0.438 e. The number of rotatable bonds is 12. The molecule has 12 nitrogen and oxygen atoms in total. The van der Waals surface area contributed by atoms with Crippen LogP contribution in [0.1, 0.15) is 0 Å². The van der Waals surface area contributed by atoms with E-state index in [2.05, 4.69) is 212 Å². The Morgan fingerprint density at radius 3 is 0.934 bits per heavy atom. The van der Waals surface area contributed by atoms with Crippen molar-refractivity contribution in [2.75, 3.05) is 0 Å². The lowest BCUT2D eigenvalue weighted by molar-refractivity contribution is 0.655. The van der Waals surface area contributed by atoms with Crippen molar-refractivity contribution in [3.63, 3.8) is 0 Å². The smallest absolute Gasteiger partial charge is 0.246 e. The van der Waals surface area contributed by atoms with Crippen LogP contribution in [0.15, 0.2) is 361 Å². The topological polar surface area (TPSA) is 155 Å². The fourth-order valence-electron chi connectivity index (χ4n) is 13.8. The molecule has 0 N–H and O–H groups in total. The van der Waals surface area contributed by atoms with Crippen molar-refractivity contribution in [2.45, 2.75) is 0 Å². The third-order valence-electron chi connectivity index (χ3n) is 19.2. The molecule has 13 aromatic carbocycles. The van der Waals surface area contributed by atoms with Crippen LogP contribution < -0.4 is 0 Å². The van der Waals surface area contributed by atoms with E-state index in [4.69, 9.17) is 58.7 Å². The predicted molar refractivity (Wildman–Crippen MR) is 426 cm³/mol. The van der Waals surface area contributed by atoms with Crippen LogP contribution in [0.3, 0.4) is 0 Å². The Morgan fingerprint density at radius 1 is 0.189 bits per heavy atom. The molecule has 20 aromatic rings. The molecular weight excluding hydrogens is 1300 g/mol. The van der Waals surface area contributed by atoms with Crippen LogP contribution in [0, 0.1) is 0 Å². The Bertz CT molecular complexity index is 6620. The van der Waals surface area contributed by atoms with Gasteiger partial charge in [0.05, 0.1) is 27.5 Å². The van der Waals surface area contributed by atoms with Crippen LogP contribution in [0.5, 0.6) is 0 Å². The lowest BCUT2D eigenvalue weighted by atomic mass is 9.96. The maximum Gasteiger partial charge on any atom is 0.246 e. The van der Waals surface area contributed by atoms with Crippen molar-refractivity contribution in [3.05, 3.63) is 352 Å². The number of pyridine rings is 2. The van der Waals surface area contributed by atoms with Gasteiger partial charge in [-0.05, 0) is 104 Å². The summed E-state index contributed by atoms with van der Waals surface area (Å²) in [6, 6.07) is 118. The summed E-state index contributed by atoms with van der Waals surface area (Å²) in [6.07, 6.45) is 1.82. The monoisotopic (exact) mass is 1360 g/mol. The normalized spacial score (nSPS) is 11.4. The molecule has 0 atom stereocenters. The lowest BCUT2D eigenvalue weighted by Gasteiger charge is -2.11. The van der Waals surface area contributed by atoms with E-state index in [1.54, 1.807) is 0 Å². The molecule has 0 aliphatic rings. The molecule has 0 saturated heterocycles. The third kappa shape index (κ3) is 12.2. The number of benzene rings is 13. The van der Waals surface area contributed by atoms with Crippen LogP contribution in [-0.4, -0.2) is 49.8 Å². The average molecular weight is 1360 g/mol. The van der Waals surface area contributed by atoms with E-state index < -0.39 is 0 Å². The molecule has 496 valence electrons. The predicted octanol–water partition coefficient (Wildman–Crippen LogP) is 23.4. The van der Waals surface area contributed by atoms with Crippen molar-refractivity contribution in [1.29, 1.82) is 0 Å². The van der Waals surface area contributed by atoms with E-state index in [1.807, 2.05) is 140 Å². The molecule has 0 aliphatic carbocycles. The molecule has 0 saturated carbocycles. The van der Waals surface area contributed by atoms with Crippen LogP contribution in [0.2, 0.25) is 0 Å². The van der Waals surface area contributed by atoms with Gasteiger partial charge in [-0.25, -0.2) is 44.9 Å². The molecule has 7 aromatic heterocycles. The Balaban J connectivity index is 0.000000145. The number of hydrogen-bond acceptors (Lipinski definition) is 12.